The maximum Gasteiger partial charge on any atom is 0.407 e. The molecule has 2 aromatic heterocycles. The Bertz CT molecular complexity index is 1230. The van der Waals surface area contributed by atoms with Crippen molar-refractivity contribution < 1.29 is 9.53 Å². The number of alkyl carbamates (subject to hydrolysis) is 1. The molecule has 1 aliphatic heterocycles. The first kappa shape index (κ1) is 23.2. The summed E-state index contributed by atoms with van der Waals surface area (Å²) in [6.07, 6.45) is 3.04. The molecule has 9 heteroatoms. The van der Waals surface area contributed by atoms with Crippen LogP contribution < -0.4 is 15.8 Å². The molecule has 1 atom stereocenters. The van der Waals surface area contributed by atoms with Crippen LogP contribution >= 0.6 is 11.6 Å². The number of carbonyl (C=O) groups is 1. The van der Waals surface area contributed by atoms with Gasteiger partial charge in [0.2, 0.25) is 5.95 Å². The molecule has 0 unspecified atom stereocenters. The summed E-state index contributed by atoms with van der Waals surface area (Å²) in [6, 6.07) is 9.38. The van der Waals surface area contributed by atoms with E-state index in [1.54, 1.807) is 17.8 Å². The largest absolute Gasteiger partial charge is 0.444 e. The lowest BCUT2D eigenvalue weighted by atomic mass is 10.1. The van der Waals surface area contributed by atoms with Crippen molar-refractivity contribution in [1.82, 2.24) is 19.4 Å². The summed E-state index contributed by atoms with van der Waals surface area (Å²) in [5, 5.41) is 3.62. The first-order valence-corrected chi connectivity index (χ1v) is 11.5. The number of piperidine rings is 1. The highest BCUT2D eigenvalue weighted by Gasteiger charge is 2.28. The number of nitrogens with one attached hydrogen (secondary N) is 1. The predicted molar refractivity (Wildman–Crippen MR) is 130 cm³/mol. The number of imidazole rings is 1. The fourth-order valence-corrected chi connectivity index (χ4v) is 4.35. The quantitative estimate of drug-likeness (QED) is 0.623. The number of ether oxygens (including phenoxy) is 1. The SMILES string of the molecule is Cn1ccc2nc(N3CCC[C@@H](NC(=O)OC(C)(C)C)C3)n(Cc3ccccc3Cl)c2c1=O. The number of nitrogens with zero attached hydrogens (tertiary/aromatic N) is 4. The number of hydrogen-bond donors (Lipinski definition) is 1. The average Bonchev–Trinajstić information content (AvgIpc) is 3.10. The van der Waals surface area contributed by atoms with Gasteiger partial charge in [-0.15, -0.1) is 0 Å². The Balaban J connectivity index is 1.68. The van der Waals surface area contributed by atoms with Gasteiger partial charge >= 0.3 is 6.09 Å². The Hall–Kier alpha value is -3.00. The zero-order valence-corrected chi connectivity index (χ0v) is 20.2. The van der Waals surface area contributed by atoms with Crippen LogP contribution in [0.4, 0.5) is 10.7 Å². The van der Waals surface area contributed by atoms with E-state index in [4.69, 9.17) is 21.3 Å². The highest BCUT2D eigenvalue weighted by Crippen LogP contribution is 2.27. The predicted octanol–water partition coefficient (Wildman–Crippen LogP) is 3.93. The van der Waals surface area contributed by atoms with Crippen LogP contribution in [0.2, 0.25) is 5.02 Å². The fraction of sp³-hybridized carbons (Fsp3) is 0.458. The number of pyridine rings is 1. The minimum absolute atomic E-state index is 0.0787. The van der Waals surface area contributed by atoms with E-state index in [0.717, 1.165) is 24.9 Å². The third-order valence-electron chi connectivity index (χ3n) is 5.66. The number of aromatic nitrogens is 3. The van der Waals surface area contributed by atoms with Gasteiger partial charge in [-0.3, -0.25) is 4.79 Å². The number of rotatable bonds is 4. The summed E-state index contributed by atoms with van der Waals surface area (Å²) < 4.78 is 8.92. The molecule has 0 bridgehead atoms. The van der Waals surface area contributed by atoms with Crippen molar-refractivity contribution in [1.29, 1.82) is 0 Å². The summed E-state index contributed by atoms with van der Waals surface area (Å²) in [5.41, 5.74) is 1.42. The smallest absolute Gasteiger partial charge is 0.407 e. The Kier molecular flexibility index (Phi) is 6.38. The van der Waals surface area contributed by atoms with E-state index in [0.29, 0.717) is 35.1 Å². The minimum atomic E-state index is -0.554. The topological polar surface area (TPSA) is 81.4 Å². The fourth-order valence-electron chi connectivity index (χ4n) is 4.16. The maximum atomic E-state index is 13.0. The summed E-state index contributed by atoms with van der Waals surface area (Å²) in [6.45, 7) is 7.31. The second-order valence-corrected chi connectivity index (χ2v) is 9.89. The summed E-state index contributed by atoms with van der Waals surface area (Å²) >= 11 is 6.44. The number of benzene rings is 1. The molecule has 0 aliphatic carbocycles. The number of aryl methyl sites for hydroxylation is 1. The number of hydrogen-bond acceptors (Lipinski definition) is 5. The van der Waals surface area contributed by atoms with Gasteiger partial charge in [-0.25, -0.2) is 9.78 Å². The van der Waals surface area contributed by atoms with E-state index >= 15 is 0 Å². The Labute approximate surface area is 198 Å². The first-order valence-electron chi connectivity index (χ1n) is 11.2. The maximum absolute atomic E-state index is 13.0. The van der Waals surface area contributed by atoms with E-state index in [-0.39, 0.29) is 11.6 Å². The van der Waals surface area contributed by atoms with Crippen molar-refractivity contribution in [3.63, 3.8) is 0 Å². The van der Waals surface area contributed by atoms with Crippen LogP contribution in [0.1, 0.15) is 39.2 Å². The highest BCUT2D eigenvalue weighted by atomic mass is 35.5. The summed E-state index contributed by atoms with van der Waals surface area (Å²) in [5.74, 6) is 0.698. The molecular formula is C24H30ClN5O3. The number of anilines is 1. The van der Waals surface area contributed by atoms with E-state index < -0.39 is 11.7 Å². The van der Waals surface area contributed by atoms with Crippen LogP contribution in [-0.2, 0) is 18.3 Å². The van der Waals surface area contributed by atoms with E-state index in [1.165, 1.54) is 0 Å². The van der Waals surface area contributed by atoms with Crippen molar-refractivity contribution in [2.75, 3.05) is 18.0 Å². The molecule has 3 heterocycles. The summed E-state index contributed by atoms with van der Waals surface area (Å²) in [4.78, 5) is 32.3. The second kappa shape index (κ2) is 9.09. The van der Waals surface area contributed by atoms with Crippen molar-refractivity contribution >= 4 is 34.7 Å². The van der Waals surface area contributed by atoms with Crippen molar-refractivity contribution in [3.05, 3.63) is 57.5 Å². The van der Waals surface area contributed by atoms with Crippen LogP contribution in [-0.4, -0.2) is 44.9 Å². The van der Waals surface area contributed by atoms with Crippen LogP contribution in [0.25, 0.3) is 11.0 Å². The molecule has 3 aromatic rings. The number of amides is 1. The van der Waals surface area contributed by atoms with E-state index in [1.807, 2.05) is 55.7 Å². The van der Waals surface area contributed by atoms with Gasteiger partial charge in [0, 0.05) is 37.4 Å². The van der Waals surface area contributed by atoms with E-state index in [9.17, 15) is 9.59 Å². The normalized spacial score (nSPS) is 16.8. The third-order valence-corrected chi connectivity index (χ3v) is 6.03. The Morgan fingerprint density at radius 1 is 1.27 bits per heavy atom. The molecule has 0 radical (unpaired) electrons. The number of fused-ring (bicyclic) bond motifs is 1. The molecule has 0 spiro atoms. The van der Waals surface area contributed by atoms with Crippen molar-refractivity contribution in [2.24, 2.45) is 7.05 Å². The zero-order valence-electron chi connectivity index (χ0n) is 19.5. The van der Waals surface area contributed by atoms with E-state index in [2.05, 4.69) is 10.2 Å². The second-order valence-electron chi connectivity index (χ2n) is 9.49. The van der Waals surface area contributed by atoms with Gasteiger partial charge in [-0.1, -0.05) is 29.8 Å². The molecule has 0 saturated carbocycles. The van der Waals surface area contributed by atoms with Gasteiger partial charge in [0.15, 0.2) is 0 Å². The molecule has 1 fully saturated rings. The van der Waals surface area contributed by atoms with Crippen LogP contribution in [0.5, 0.6) is 0 Å². The van der Waals surface area contributed by atoms with Gasteiger partial charge in [0.25, 0.3) is 5.56 Å². The van der Waals surface area contributed by atoms with Gasteiger partial charge in [-0.05, 0) is 51.3 Å². The molecule has 4 rings (SSSR count). The molecule has 1 saturated heterocycles. The molecular weight excluding hydrogens is 442 g/mol. The van der Waals surface area contributed by atoms with Crippen LogP contribution in [0, 0.1) is 0 Å². The number of halogens is 1. The van der Waals surface area contributed by atoms with Crippen LogP contribution in [0.3, 0.4) is 0 Å². The molecule has 8 nitrogen and oxygen atoms in total. The van der Waals surface area contributed by atoms with Gasteiger partial charge in [0.05, 0.1) is 12.1 Å². The van der Waals surface area contributed by atoms with Gasteiger partial charge in [-0.2, -0.15) is 0 Å². The van der Waals surface area contributed by atoms with Gasteiger partial charge in [0.1, 0.15) is 11.1 Å². The lowest BCUT2D eigenvalue weighted by Gasteiger charge is -2.34. The molecule has 1 aromatic carbocycles. The monoisotopic (exact) mass is 471 g/mol. The van der Waals surface area contributed by atoms with Crippen molar-refractivity contribution in [2.45, 2.75) is 51.8 Å². The standard InChI is InChI=1S/C24H30ClN5O3/c1-24(2,3)33-23(32)26-17-9-7-12-29(15-17)22-27-19-11-13-28(4)21(31)20(19)30(22)14-16-8-5-6-10-18(16)25/h5-6,8,10-11,13,17H,7,9,12,14-15H2,1-4H3,(H,26,32)/t17-/m1/s1. The number of carbonyl (C=O) groups excluding carboxylic acids is 1. The molecule has 33 heavy (non-hydrogen) atoms. The van der Waals surface area contributed by atoms with Crippen molar-refractivity contribution in [3.8, 4) is 0 Å². The average molecular weight is 472 g/mol. The first-order chi connectivity index (χ1) is 15.6. The molecule has 1 aliphatic rings. The molecule has 176 valence electrons. The lowest BCUT2D eigenvalue weighted by molar-refractivity contribution is 0.0500. The zero-order chi connectivity index (χ0) is 23.8. The summed E-state index contributed by atoms with van der Waals surface area (Å²) in [7, 11) is 1.73. The van der Waals surface area contributed by atoms with Crippen LogP contribution in [0.15, 0.2) is 41.3 Å². The lowest BCUT2D eigenvalue weighted by Crippen LogP contribution is -2.49. The third kappa shape index (κ3) is 5.16. The minimum Gasteiger partial charge on any atom is -0.444 e. The Morgan fingerprint density at radius 3 is 2.76 bits per heavy atom. The highest BCUT2D eigenvalue weighted by molar-refractivity contribution is 6.31. The Morgan fingerprint density at radius 2 is 2.03 bits per heavy atom. The van der Waals surface area contributed by atoms with Gasteiger partial charge < -0.3 is 24.1 Å². The molecule has 1 amide bonds. The molecule has 1 N–H and O–H groups in total.